The summed E-state index contributed by atoms with van der Waals surface area (Å²) in [7, 11) is 0. The van der Waals surface area contributed by atoms with Crippen molar-refractivity contribution in [3.63, 3.8) is 0 Å². The summed E-state index contributed by atoms with van der Waals surface area (Å²) in [6.45, 7) is 7.05. The van der Waals surface area contributed by atoms with Gasteiger partial charge in [-0.15, -0.1) is 5.10 Å². The number of nitrogens with two attached hydrogens (primary N) is 1. The van der Waals surface area contributed by atoms with Gasteiger partial charge in [-0.3, -0.25) is 9.69 Å². The van der Waals surface area contributed by atoms with Crippen molar-refractivity contribution in [1.29, 1.82) is 0 Å². The van der Waals surface area contributed by atoms with Crippen molar-refractivity contribution in [2.24, 2.45) is 5.10 Å². The number of aryl methyl sites for hydroxylation is 1. The Hall–Kier alpha value is -4.30. The maximum atomic E-state index is 13.4. The first-order chi connectivity index (χ1) is 19.9. The van der Waals surface area contributed by atoms with E-state index >= 15 is 0 Å². The molecule has 1 fully saturated rings. The summed E-state index contributed by atoms with van der Waals surface area (Å²) in [5.41, 5.74) is 11.9. The van der Waals surface area contributed by atoms with Crippen LogP contribution in [0.15, 0.2) is 50.6 Å². The molecule has 3 N–H and O–H groups in total. The summed E-state index contributed by atoms with van der Waals surface area (Å²) in [5, 5.41) is 19.9. The van der Waals surface area contributed by atoms with Gasteiger partial charge >= 0.3 is 0 Å². The van der Waals surface area contributed by atoms with E-state index in [0.717, 1.165) is 31.5 Å². The number of nitrogen functional groups attached to an aromatic ring is 1. The van der Waals surface area contributed by atoms with Crippen molar-refractivity contribution in [2.45, 2.75) is 39.8 Å². The Bertz CT molecular complexity index is 1550. The molecule has 3 heterocycles. The van der Waals surface area contributed by atoms with Gasteiger partial charge in [0.1, 0.15) is 23.8 Å². The van der Waals surface area contributed by atoms with E-state index in [9.17, 15) is 4.79 Å². The van der Waals surface area contributed by atoms with Gasteiger partial charge < -0.3 is 15.2 Å². The molecule has 1 aliphatic heterocycles. The highest BCUT2D eigenvalue weighted by atomic mass is 79.9. The Morgan fingerprint density at radius 1 is 1.22 bits per heavy atom. The standard InChI is InChI=1S/C27H30BrN9O4/c1-3-39-23-13-19(40-16-18-8-6-7-17(2)11-18)12-21(28)20(23)14-30-32-27(38)24-22(15-36-9-4-5-10-36)31-35-37(24)26-25(29)33-41-34-26/h6-8,11-14H,3-5,9-10,15-16H2,1-2H3,(H2,29,33)(H,32,38)/b30-14+. The number of benzene rings is 2. The third kappa shape index (κ3) is 6.72. The molecule has 1 saturated heterocycles. The first kappa shape index (κ1) is 28.2. The molecule has 0 unspecified atom stereocenters. The number of carbonyl (C=O) groups excluding carboxylic acids is 1. The molecule has 0 atom stereocenters. The average molecular weight is 624 g/mol. The lowest BCUT2D eigenvalue weighted by Crippen LogP contribution is -2.26. The zero-order valence-corrected chi connectivity index (χ0v) is 24.3. The van der Waals surface area contributed by atoms with Crippen molar-refractivity contribution in [2.75, 3.05) is 25.4 Å². The number of hydrazone groups is 1. The Kier molecular flexibility index (Phi) is 8.89. The molecule has 1 aliphatic rings. The number of ether oxygens (including phenoxy) is 2. The van der Waals surface area contributed by atoms with Crippen LogP contribution in [0.1, 0.15) is 52.6 Å². The number of anilines is 1. The summed E-state index contributed by atoms with van der Waals surface area (Å²) in [4.78, 5) is 15.6. The molecule has 0 aliphatic carbocycles. The van der Waals surface area contributed by atoms with Crippen molar-refractivity contribution < 1.29 is 18.9 Å². The minimum atomic E-state index is -0.546. The number of likely N-dealkylation sites (tertiary alicyclic amines) is 1. The summed E-state index contributed by atoms with van der Waals surface area (Å²) in [6.07, 6.45) is 3.68. The topological polar surface area (TPSA) is 159 Å². The van der Waals surface area contributed by atoms with Gasteiger partial charge in [0.2, 0.25) is 11.6 Å². The molecule has 0 radical (unpaired) electrons. The van der Waals surface area contributed by atoms with E-state index < -0.39 is 5.91 Å². The molecule has 2 aromatic heterocycles. The summed E-state index contributed by atoms with van der Waals surface area (Å²) < 4.78 is 18.5. The minimum Gasteiger partial charge on any atom is -0.493 e. The number of aromatic nitrogens is 5. The Morgan fingerprint density at radius 2 is 2.05 bits per heavy atom. The number of halogens is 1. The van der Waals surface area contributed by atoms with Crippen molar-refractivity contribution in [3.05, 3.63) is 68.9 Å². The number of carbonyl (C=O) groups is 1. The molecule has 14 heteroatoms. The van der Waals surface area contributed by atoms with E-state index in [1.54, 1.807) is 6.07 Å². The van der Waals surface area contributed by atoms with E-state index in [-0.39, 0.29) is 17.3 Å². The van der Waals surface area contributed by atoms with Crippen LogP contribution < -0.4 is 20.6 Å². The molecule has 41 heavy (non-hydrogen) atoms. The molecule has 0 spiro atoms. The van der Waals surface area contributed by atoms with E-state index in [2.05, 4.69) is 58.0 Å². The van der Waals surface area contributed by atoms with E-state index in [1.165, 1.54) is 16.5 Å². The zero-order chi connectivity index (χ0) is 28.8. The van der Waals surface area contributed by atoms with Crippen LogP contribution in [0.5, 0.6) is 11.5 Å². The molecular formula is C27H30BrN9O4. The second-order valence-electron chi connectivity index (χ2n) is 9.48. The van der Waals surface area contributed by atoms with Gasteiger partial charge in [0.15, 0.2) is 5.69 Å². The van der Waals surface area contributed by atoms with E-state index in [1.807, 2.05) is 38.1 Å². The minimum absolute atomic E-state index is 0.0184. The predicted molar refractivity (Wildman–Crippen MR) is 154 cm³/mol. The van der Waals surface area contributed by atoms with Crippen LogP contribution in [-0.4, -0.2) is 62.0 Å². The van der Waals surface area contributed by atoms with Crippen LogP contribution >= 0.6 is 15.9 Å². The molecule has 0 saturated carbocycles. The second-order valence-corrected chi connectivity index (χ2v) is 10.3. The molecular weight excluding hydrogens is 594 g/mol. The van der Waals surface area contributed by atoms with Gasteiger partial charge in [0, 0.05) is 17.1 Å². The van der Waals surface area contributed by atoms with E-state index in [4.69, 9.17) is 19.8 Å². The molecule has 1 amide bonds. The van der Waals surface area contributed by atoms with Crippen LogP contribution in [-0.2, 0) is 13.2 Å². The van der Waals surface area contributed by atoms with Crippen LogP contribution in [0.25, 0.3) is 5.82 Å². The lowest BCUT2D eigenvalue weighted by atomic mass is 10.1. The third-order valence-electron chi connectivity index (χ3n) is 6.44. The van der Waals surface area contributed by atoms with Crippen LogP contribution in [0, 0.1) is 6.92 Å². The Labute approximate surface area is 244 Å². The first-order valence-electron chi connectivity index (χ1n) is 13.2. The first-order valence-corrected chi connectivity index (χ1v) is 14.0. The molecule has 214 valence electrons. The number of hydrogen-bond donors (Lipinski definition) is 2. The lowest BCUT2D eigenvalue weighted by Gasteiger charge is -2.14. The Morgan fingerprint density at radius 3 is 2.78 bits per heavy atom. The lowest BCUT2D eigenvalue weighted by molar-refractivity contribution is 0.0945. The Balaban J connectivity index is 1.35. The van der Waals surface area contributed by atoms with Crippen LogP contribution in [0.4, 0.5) is 5.82 Å². The number of nitrogens with zero attached hydrogens (tertiary/aromatic N) is 7. The molecule has 13 nitrogen and oxygen atoms in total. The summed E-state index contributed by atoms with van der Waals surface area (Å²) >= 11 is 3.58. The maximum Gasteiger partial charge on any atom is 0.292 e. The summed E-state index contributed by atoms with van der Waals surface area (Å²) in [6, 6.07) is 11.8. The largest absolute Gasteiger partial charge is 0.493 e. The van der Waals surface area contributed by atoms with Gasteiger partial charge in [-0.25, -0.2) is 10.1 Å². The maximum absolute atomic E-state index is 13.4. The highest BCUT2D eigenvalue weighted by Gasteiger charge is 2.27. The number of hydrogen-bond acceptors (Lipinski definition) is 11. The van der Waals surface area contributed by atoms with Gasteiger partial charge in [-0.1, -0.05) is 35.0 Å². The van der Waals surface area contributed by atoms with Gasteiger partial charge in [-0.2, -0.15) is 9.78 Å². The fraction of sp³-hybridized carbons (Fsp3) is 0.333. The quantitative estimate of drug-likeness (QED) is 0.186. The molecule has 4 aromatic rings. The number of nitrogens with one attached hydrogen (secondary N) is 1. The second kappa shape index (κ2) is 12.9. The van der Waals surface area contributed by atoms with Gasteiger partial charge in [0.25, 0.3) is 5.91 Å². The smallest absolute Gasteiger partial charge is 0.292 e. The van der Waals surface area contributed by atoms with Crippen molar-refractivity contribution in [1.82, 2.24) is 35.6 Å². The molecule has 5 rings (SSSR count). The fourth-order valence-electron chi connectivity index (χ4n) is 4.51. The molecule has 2 aromatic carbocycles. The predicted octanol–water partition coefficient (Wildman–Crippen LogP) is 3.64. The van der Waals surface area contributed by atoms with Gasteiger partial charge in [-0.05, 0) is 77.7 Å². The fourth-order valence-corrected chi connectivity index (χ4v) is 5.04. The number of rotatable bonds is 11. The van der Waals surface area contributed by atoms with Crippen LogP contribution in [0.2, 0.25) is 0 Å². The third-order valence-corrected chi connectivity index (χ3v) is 7.09. The SMILES string of the molecule is CCOc1cc(OCc2cccc(C)c2)cc(Br)c1/C=N/NC(=O)c1c(CN2CCCC2)nnn1-c1nonc1N. The van der Waals surface area contributed by atoms with Gasteiger partial charge in [0.05, 0.1) is 18.4 Å². The zero-order valence-electron chi connectivity index (χ0n) is 22.7. The van der Waals surface area contributed by atoms with E-state index in [0.29, 0.717) is 47.0 Å². The number of amides is 1. The monoisotopic (exact) mass is 623 g/mol. The molecule has 0 bridgehead atoms. The van der Waals surface area contributed by atoms with Crippen molar-refractivity contribution in [3.8, 4) is 17.3 Å². The van der Waals surface area contributed by atoms with Crippen LogP contribution in [0.3, 0.4) is 0 Å². The summed E-state index contributed by atoms with van der Waals surface area (Å²) in [5.74, 6) is 0.678. The van der Waals surface area contributed by atoms with Crippen molar-refractivity contribution >= 4 is 33.9 Å². The highest BCUT2D eigenvalue weighted by molar-refractivity contribution is 9.10. The normalized spacial score (nSPS) is 13.6. The average Bonchev–Trinajstić information content (AvgIpc) is 3.71. The highest BCUT2D eigenvalue weighted by Crippen LogP contribution is 2.32.